The lowest BCUT2D eigenvalue weighted by atomic mass is 9.43. The summed E-state index contributed by atoms with van der Waals surface area (Å²) in [4.78, 5) is 26.5. The van der Waals surface area contributed by atoms with Crippen molar-refractivity contribution in [2.45, 2.75) is 78.7 Å². The number of hydrogen-bond donors (Lipinski definition) is 1. The van der Waals surface area contributed by atoms with Crippen LogP contribution in [0.4, 0.5) is 0 Å². The number of ether oxygens (including phenoxy) is 2. The van der Waals surface area contributed by atoms with E-state index < -0.39 is 22.2 Å². The lowest BCUT2D eigenvalue weighted by Gasteiger charge is -2.58. The second-order valence-corrected chi connectivity index (χ2v) is 11.4. The van der Waals surface area contributed by atoms with Crippen LogP contribution in [0, 0.1) is 45.8 Å². The lowest BCUT2D eigenvalue weighted by molar-refractivity contribution is -0.186. The van der Waals surface area contributed by atoms with Gasteiger partial charge < -0.3 is 19.4 Å². The number of aliphatic carboxylic acids is 1. The minimum Gasteiger partial charge on any atom is -0.481 e. The number of aldehydes is 1. The summed E-state index contributed by atoms with van der Waals surface area (Å²) in [5.74, 6) is 0.0433. The van der Waals surface area contributed by atoms with Gasteiger partial charge in [0.2, 0.25) is 0 Å². The van der Waals surface area contributed by atoms with Gasteiger partial charge in [0, 0.05) is 19.1 Å². The minimum atomic E-state index is -1.16. The molecule has 4 rings (SSSR count). The summed E-state index contributed by atoms with van der Waals surface area (Å²) in [6.07, 6.45) is 10.1. The van der Waals surface area contributed by atoms with Gasteiger partial charge in [0.25, 0.3) is 0 Å². The van der Waals surface area contributed by atoms with Gasteiger partial charge in [0.1, 0.15) is 11.7 Å². The predicted molar refractivity (Wildman–Crippen MR) is 123 cm³/mol. The first kappa shape index (κ1) is 23.9. The third-order valence-corrected chi connectivity index (χ3v) is 10.0. The topological polar surface area (TPSA) is 72.8 Å². The van der Waals surface area contributed by atoms with Gasteiger partial charge in [-0.2, -0.15) is 0 Å². The molecular formula is C27H42O5. The van der Waals surface area contributed by atoms with Crippen molar-refractivity contribution >= 4 is 12.3 Å². The molecule has 1 N–H and O–H groups in total. The van der Waals surface area contributed by atoms with Crippen LogP contribution in [0.1, 0.15) is 72.6 Å². The fourth-order valence-electron chi connectivity index (χ4n) is 8.78. The molecule has 32 heavy (non-hydrogen) atoms. The zero-order valence-corrected chi connectivity index (χ0v) is 20.6. The van der Waals surface area contributed by atoms with E-state index in [1.165, 1.54) is 12.8 Å². The summed E-state index contributed by atoms with van der Waals surface area (Å²) in [5, 5.41) is 11.0. The van der Waals surface area contributed by atoms with Gasteiger partial charge in [-0.25, -0.2) is 0 Å². The van der Waals surface area contributed by atoms with Crippen LogP contribution < -0.4 is 0 Å². The molecule has 0 aromatic carbocycles. The monoisotopic (exact) mass is 446 g/mol. The number of unbranched alkanes of at least 4 members (excludes halogenated alkanes) is 3. The highest BCUT2D eigenvalue weighted by atomic mass is 16.5. The average molecular weight is 447 g/mol. The maximum atomic E-state index is 13.4. The predicted octanol–water partition coefficient (Wildman–Crippen LogP) is 5.13. The van der Waals surface area contributed by atoms with Crippen molar-refractivity contribution < 1.29 is 24.2 Å². The lowest BCUT2D eigenvalue weighted by Crippen LogP contribution is -2.63. The van der Waals surface area contributed by atoms with Gasteiger partial charge in [0.15, 0.2) is 0 Å². The molecule has 0 heterocycles. The fourth-order valence-corrected chi connectivity index (χ4v) is 8.78. The number of hydrogen-bond acceptors (Lipinski definition) is 4. The van der Waals surface area contributed by atoms with Gasteiger partial charge in [-0.05, 0) is 55.3 Å². The number of fused-ring (bicyclic) bond motifs is 2. The van der Waals surface area contributed by atoms with Gasteiger partial charge in [-0.1, -0.05) is 58.6 Å². The van der Waals surface area contributed by atoms with E-state index in [1.807, 2.05) is 0 Å². The van der Waals surface area contributed by atoms with Crippen molar-refractivity contribution in [1.82, 2.24) is 0 Å². The molecular weight excluding hydrogens is 404 g/mol. The molecule has 0 saturated heterocycles. The molecule has 0 unspecified atom stereocenters. The van der Waals surface area contributed by atoms with Crippen molar-refractivity contribution in [3.8, 4) is 0 Å². The standard InChI is InChI=1S/C27H42O5/c1-6-7-8-9-10-32-16-26-14-20-18(4)23(31-5)12-22(20)25(15-28)13-19(26)11-21(17(2)3)27(25,26)24(29)30/h11,15,17-20,22-23H,6-10,12-14,16H2,1-5H3,(H,29,30)/t18-,19-,20+,22+,23-,25-,26-,27-/m0/s1. The van der Waals surface area contributed by atoms with E-state index in [1.54, 1.807) is 7.11 Å². The minimum absolute atomic E-state index is 0.0566. The van der Waals surface area contributed by atoms with Crippen LogP contribution in [0.2, 0.25) is 0 Å². The van der Waals surface area contributed by atoms with E-state index in [0.717, 1.165) is 37.5 Å². The molecule has 0 amide bonds. The van der Waals surface area contributed by atoms with E-state index in [4.69, 9.17) is 9.47 Å². The van der Waals surface area contributed by atoms with Crippen molar-refractivity contribution in [2.75, 3.05) is 20.3 Å². The summed E-state index contributed by atoms with van der Waals surface area (Å²) in [6.45, 7) is 9.69. The molecule has 3 saturated carbocycles. The first-order valence-electron chi connectivity index (χ1n) is 12.8. The number of carboxylic acid groups (broad SMARTS) is 1. The van der Waals surface area contributed by atoms with E-state index in [-0.39, 0.29) is 23.9 Å². The Balaban J connectivity index is 1.77. The third-order valence-electron chi connectivity index (χ3n) is 10.0. The number of methoxy groups -OCH3 is 1. The molecule has 5 nitrogen and oxygen atoms in total. The van der Waals surface area contributed by atoms with Crippen molar-refractivity contribution in [2.24, 2.45) is 45.8 Å². The van der Waals surface area contributed by atoms with Crippen LogP contribution in [0.25, 0.3) is 0 Å². The number of carbonyl (C=O) groups excluding carboxylic acids is 1. The van der Waals surface area contributed by atoms with Crippen LogP contribution in [0.3, 0.4) is 0 Å². The summed E-state index contributed by atoms with van der Waals surface area (Å²) >= 11 is 0. The Labute approximate surface area is 193 Å². The molecule has 5 heteroatoms. The number of carboxylic acids is 1. The van der Waals surface area contributed by atoms with Crippen molar-refractivity contribution in [3.63, 3.8) is 0 Å². The summed E-state index contributed by atoms with van der Waals surface area (Å²) in [5.41, 5.74) is -1.60. The Kier molecular flexibility index (Phi) is 6.39. The first-order chi connectivity index (χ1) is 15.3. The number of carbonyl (C=O) groups is 2. The Hall–Kier alpha value is -1.20. The van der Waals surface area contributed by atoms with Gasteiger partial charge in [0.05, 0.1) is 18.1 Å². The Morgan fingerprint density at radius 1 is 1.28 bits per heavy atom. The van der Waals surface area contributed by atoms with E-state index in [9.17, 15) is 14.7 Å². The Morgan fingerprint density at radius 2 is 2.03 bits per heavy atom. The van der Waals surface area contributed by atoms with E-state index in [0.29, 0.717) is 31.5 Å². The molecule has 4 aliphatic rings. The SMILES string of the molecule is CCCCCCOC[C@@]12C[C@@H]3[C@H](C)[C@@H](OC)C[C@H]3[C@@]3(C=O)C[C@@H]1C=C(C(C)C)[C@@]23C(=O)O. The van der Waals surface area contributed by atoms with Gasteiger partial charge >= 0.3 is 5.97 Å². The molecule has 3 fully saturated rings. The summed E-state index contributed by atoms with van der Waals surface area (Å²) < 4.78 is 12.1. The summed E-state index contributed by atoms with van der Waals surface area (Å²) in [6, 6.07) is 0. The van der Waals surface area contributed by atoms with E-state index >= 15 is 0 Å². The highest BCUT2D eigenvalue weighted by molar-refractivity contribution is 5.90. The van der Waals surface area contributed by atoms with Crippen LogP contribution in [0.15, 0.2) is 11.6 Å². The molecule has 0 radical (unpaired) electrons. The molecule has 0 spiro atoms. The zero-order chi connectivity index (χ0) is 23.3. The summed E-state index contributed by atoms with van der Waals surface area (Å²) in [7, 11) is 1.75. The zero-order valence-electron chi connectivity index (χ0n) is 20.6. The van der Waals surface area contributed by atoms with Gasteiger partial charge in [-0.3, -0.25) is 4.79 Å². The molecule has 0 aromatic rings. The maximum absolute atomic E-state index is 13.4. The smallest absolute Gasteiger partial charge is 0.315 e. The van der Waals surface area contributed by atoms with Gasteiger partial charge in [-0.15, -0.1) is 0 Å². The normalized spacial score (nSPS) is 44.1. The molecule has 0 aromatic heterocycles. The Morgan fingerprint density at radius 3 is 2.62 bits per heavy atom. The third kappa shape index (κ3) is 2.82. The van der Waals surface area contributed by atoms with Crippen LogP contribution in [0.5, 0.6) is 0 Å². The largest absolute Gasteiger partial charge is 0.481 e. The molecule has 180 valence electrons. The van der Waals surface area contributed by atoms with E-state index in [2.05, 4.69) is 33.8 Å². The highest BCUT2D eigenvalue weighted by Gasteiger charge is 2.84. The van der Waals surface area contributed by atoms with Crippen molar-refractivity contribution in [3.05, 3.63) is 11.6 Å². The quantitative estimate of drug-likeness (QED) is 0.270. The fraction of sp³-hybridized carbons (Fsp3) is 0.852. The van der Waals surface area contributed by atoms with Crippen LogP contribution in [-0.4, -0.2) is 43.8 Å². The molecule has 4 aliphatic carbocycles. The Bertz CT molecular complexity index is 774. The number of allylic oxidation sites excluding steroid dienone is 1. The highest BCUT2D eigenvalue weighted by Crippen LogP contribution is 2.82. The molecule has 8 atom stereocenters. The number of rotatable bonds is 11. The van der Waals surface area contributed by atoms with Crippen LogP contribution >= 0.6 is 0 Å². The second-order valence-electron chi connectivity index (χ2n) is 11.4. The molecule has 4 bridgehead atoms. The molecule has 0 aliphatic heterocycles. The van der Waals surface area contributed by atoms with Crippen LogP contribution in [-0.2, 0) is 19.1 Å². The second kappa shape index (κ2) is 8.54. The van der Waals surface area contributed by atoms with Crippen molar-refractivity contribution in [1.29, 1.82) is 0 Å². The average Bonchev–Trinajstić information content (AvgIpc) is 3.30. The maximum Gasteiger partial charge on any atom is 0.315 e. The first-order valence-corrected chi connectivity index (χ1v) is 12.8.